The number of hydrogen-bond acceptors (Lipinski definition) is 4. The zero-order valence-electron chi connectivity index (χ0n) is 14.4. The molecule has 128 valence electrons. The molecule has 23 heavy (non-hydrogen) atoms. The first-order valence-corrected chi connectivity index (χ1v) is 8.36. The van der Waals surface area contributed by atoms with Gasteiger partial charge in [-0.1, -0.05) is 37.6 Å². The third kappa shape index (κ3) is 3.77. The molecule has 0 bridgehead atoms. The molecule has 1 aliphatic heterocycles. The van der Waals surface area contributed by atoms with Gasteiger partial charge in [0.15, 0.2) is 5.78 Å². The van der Waals surface area contributed by atoms with Crippen LogP contribution in [0.3, 0.4) is 0 Å². The predicted molar refractivity (Wildman–Crippen MR) is 93.5 cm³/mol. The number of carbonyl (C=O) groups excluding carboxylic acids is 1. The first-order valence-electron chi connectivity index (χ1n) is 7.99. The SMILES string of the molecule is CC(C)(N)C(=O)CN1CCC(O)(c2ccc(Cl)cc2)C(C)(C)C1. The van der Waals surface area contributed by atoms with Crippen LogP contribution >= 0.6 is 11.6 Å². The summed E-state index contributed by atoms with van der Waals surface area (Å²) in [4.78, 5) is 14.3. The number of hydrogen-bond donors (Lipinski definition) is 2. The van der Waals surface area contributed by atoms with Gasteiger partial charge in [-0.3, -0.25) is 9.69 Å². The van der Waals surface area contributed by atoms with Gasteiger partial charge < -0.3 is 10.8 Å². The first kappa shape index (κ1) is 18.4. The number of aliphatic hydroxyl groups is 1. The van der Waals surface area contributed by atoms with Crippen molar-refractivity contribution in [1.82, 2.24) is 4.90 Å². The fourth-order valence-corrected chi connectivity index (χ4v) is 3.36. The van der Waals surface area contributed by atoms with Crippen LogP contribution in [0.25, 0.3) is 0 Å². The van der Waals surface area contributed by atoms with Crippen molar-refractivity contribution >= 4 is 17.4 Å². The fraction of sp³-hybridized carbons (Fsp3) is 0.611. The summed E-state index contributed by atoms with van der Waals surface area (Å²) in [5.74, 6) is 0.0187. The third-order valence-electron chi connectivity index (χ3n) is 4.94. The molecule has 0 radical (unpaired) electrons. The van der Waals surface area contributed by atoms with Crippen molar-refractivity contribution in [1.29, 1.82) is 0 Å². The molecule has 0 amide bonds. The van der Waals surface area contributed by atoms with E-state index in [1.54, 1.807) is 26.0 Å². The highest BCUT2D eigenvalue weighted by molar-refractivity contribution is 6.30. The summed E-state index contributed by atoms with van der Waals surface area (Å²) in [5.41, 5.74) is 4.61. The van der Waals surface area contributed by atoms with E-state index in [-0.39, 0.29) is 5.78 Å². The molecule has 0 aliphatic carbocycles. The number of nitrogens with two attached hydrogens (primary N) is 1. The monoisotopic (exact) mass is 338 g/mol. The molecule has 1 unspecified atom stereocenters. The van der Waals surface area contributed by atoms with E-state index in [9.17, 15) is 9.90 Å². The molecule has 1 heterocycles. The Labute approximate surface area is 143 Å². The fourth-order valence-electron chi connectivity index (χ4n) is 3.23. The lowest BCUT2D eigenvalue weighted by Gasteiger charge is -2.50. The van der Waals surface area contributed by atoms with E-state index in [4.69, 9.17) is 17.3 Å². The molecule has 5 heteroatoms. The highest BCUT2D eigenvalue weighted by Crippen LogP contribution is 2.46. The average Bonchev–Trinajstić information content (AvgIpc) is 2.42. The summed E-state index contributed by atoms with van der Waals surface area (Å²) in [6, 6.07) is 7.37. The molecule has 1 aliphatic rings. The molecule has 0 aromatic heterocycles. The van der Waals surface area contributed by atoms with Crippen LogP contribution in [0.2, 0.25) is 5.02 Å². The molecule has 2 rings (SSSR count). The smallest absolute Gasteiger partial charge is 0.165 e. The Hall–Kier alpha value is -0.940. The Bertz CT molecular complexity index is 578. The summed E-state index contributed by atoms with van der Waals surface area (Å²) in [7, 11) is 0. The number of piperidine rings is 1. The highest BCUT2D eigenvalue weighted by atomic mass is 35.5. The largest absolute Gasteiger partial charge is 0.385 e. The third-order valence-corrected chi connectivity index (χ3v) is 5.19. The molecule has 0 spiro atoms. The maximum atomic E-state index is 12.2. The van der Waals surface area contributed by atoms with Crippen molar-refractivity contribution in [2.75, 3.05) is 19.6 Å². The molecule has 1 saturated heterocycles. The molecule has 1 atom stereocenters. The minimum absolute atomic E-state index is 0.0187. The van der Waals surface area contributed by atoms with Gasteiger partial charge in [0.2, 0.25) is 0 Å². The maximum absolute atomic E-state index is 12.2. The number of nitrogens with zero attached hydrogens (tertiary/aromatic N) is 1. The molecule has 1 aromatic rings. The predicted octanol–water partition coefficient (Wildman–Crippen LogP) is 2.57. The first-order chi connectivity index (χ1) is 10.5. The number of Topliss-reactive ketones (excluding diaryl/α,β-unsaturated/α-hetero) is 1. The lowest BCUT2D eigenvalue weighted by molar-refractivity contribution is -0.137. The zero-order valence-corrected chi connectivity index (χ0v) is 15.2. The molecule has 0 saturated carbocycles. The normalized spacial score (nSPS) is 25.3. The van der Waals surface area contributed by atoms with E-state index in [1.165, 1.54) is 0 Å². The van der Waals surface area contributed by atoms with Crippen molar-refractivity contribution in [2.45, 2.75) is 45.3 Å². The Morgan fingerprint density at radius 3 is 2.39 bits per heavy atom. The topological polar surface area (TPSA) is 66.6 Å². The number of likely N-dealkylation sites (tertiary alicyclic amines) is 1. The van der Waals surface area contributed by atoms with Gasteiger partial charge in [0.1, 0.15) is 0 Å². The quantitative estimate of drug-likeness (QED) is 0.885. The number of halogens is 1. The van der Waals surface area contributed by atoms with E-state index in [1.807, 2.05) is 26.0 Å². The number of carbonyl (C=O) groups is 1. The number of benzene rings is 1. The maximum Gasteiger partial charge on any atom is 0.165 e. The summed E-state index contributed by atoms with van der Waals surface area (Å²) in [6.45, 7) is 9.14. The van der Waals surface area contributed by atoms with E-state index in [0.717, 1.165) is 5.56 Å². The molecular formula is C18H27ClN2O2. The van der Waals surface area contributed by atoms with Crippen molar-refractivity contribution < 1.29 is 9.90 Å². The number of rotatable bonds is 4. The van der Waals surface area contributed by atoms with Crippen LogP contribution < -0.4 is 5.73 Å². The van der Waals surface area contributed by atoms with Crippen LogP contribution in [-0.4, -0.2) is 41.0 Å². The Balaban J connectivity index is 2.17. The second-order valence-corrected chi connectivity index (χ2v) is 8.29. The molecule has 4 nitrogen and oxygen atoms in total. The van der Waals surface area contributed by atoms with Crippen LogP contribution in [-0.2, 0) is 10.4 Å². The van der Waals surface area contributed by atoms with Gasteiger partial charge in [-0.15, -0.1) is 0 Å². The van der Waals surface area contributed by atoms with Crippen LogP contribution in [0, 0.1) is 5.41 Å². The van der Waals surface area contributed by atoms with E-state index >= 15 is 0 Å². The van der Waals surface area contributed by atoms with Gasteiger partial charge in [0, 0.05) is 23.5 Å². The molecule has 3 N–H and O–H groups in total. The van der Waals surface area contributed by atoms with E-state index < -0.39 is 16.6 Å². The zero-order chi connectivity index (χ0) is 17.5. The number of ketones is 1. The highest BCUT2D eigenvalue weighted by Gasteiger charge is 2.49. The standard InChI is InChI=1S/C18H27ClN2O2/c1-16(2)12-21(11-15(22)17(3,4)20)10-9-18(16,23)13-5-7-14(19)8-6-13/h5-8,23H,9-12,20H2,1-4H3. The van der Waals surface area contributed by atoms with Gasteiger partial charge in [-0.25, -0.2) is 0 Å². The van der Waals surface area contributed by atoms with Gasteiger partial charge in [-0.2, -0.15) is 0 Å². The Morgan fingerprint density at radius 1 is 1.35 bits per heavy atom. The van der Waals surface area contributed by atoms with Crippen molar-refractivity contribution in [3.05, 3.63) is 34.9 Å². The molecule has 1 aromatic carbocycles. The van der Waals surface area contributed by atoms with Gasteiger partial charge >= 0.3 is 0 Å². The van der Waals surface area contributed by atoms with Crippen LogP contribution in [0.1, 0.15) is 39.7 Å². The average molecular weight is 339 g/mol. The van der Waals surface area contributed by atoms with Gasteiger partial charge in [0.05, 0.1) is 17.7 Å². The minimum Gasteiger partial charge on any atom is -0.385 e. The summed E-state index contributed by atoms with van der Waals surface area (Å²) >= 11 is 5.95. The lowest BCUT2D eigenvalue weighted by atomic mass is 9.66. The van der Waals surface area contributed by atoms with Crippen molar-refractivity contribution in [3.63, 3.8) is 0 Å². The van der Waals surface area contributed by atoms with Gasteiger partial charge in [0.25, 0.3) is 0 Å². The molecular weight excluding hydrogens is 312 g/mol. The van der Waals surface area contributed by atoms with E-state index in [0.29, 0.717) is 31.1 Å². The summed E-state index contributed by atoms with van der Waals surface area (Å²) < 4.78 is 0. The van der Waals surface area contributed by atoms with Crippen molar-refractivity contribution in [2.24, 2.45) is 11.1 Å². The second kappa shape index (κ2) is 6.17. The van der Waals surface area contributed by atoms with E-state index in [2.05, 4.69) is 4.90 Å². The van der Waals surface area contributed by atoms with Crippen LogP contribution in [0.15, 0.2) is 24.3 Å². The van der Waals surface area contributed by atoms with Gasteiger partial charge in [-0.05, 0) is 38.0 Å². The minimum atomic E-state index is -0.935. The van der Waals surface area contributed by atoms with Crippen molar-refractivity contribution in [3.8, 4) is 0 Å². The second-order valence-electron chi connectivity index (χ2n) is 7.86. The van der Waals surface area contributed by atoms with Crippen LogP contribution in [0.5, 0.6) is 0 Å². The van der Waals surface area contributed by atoms with Crippen LogP contribution in [0.4, 0.5) is 0 Å². The summed E-state index contributed by atoms with van der Waals surface area (Å²) in [5, 5.41) is 11.9. The molecule has 1 fully saturated rings. The lowest BCUT2D eigenvalue weighted by Crippen LogP contribution is -2.57. The summed E-state index contributed by atoms with van der Waals surface area (Å²) in [6.07, 6.45) is 0.569. The Morgan fingerprint density at radius 2 is 1.91 bits per heavy atom. The Kier molecular flexibility index (Phi) is 4.94.